The second-order valence-electron chi connectivity index (χ2n) is 4.40. The van der Waals surface area contributed by atoms with E-state index in [1.807, 2.05) is 0 Å². The van der Waals surface area contributed by atoms with Crippen LogP contribution in [-0.4, -0.2) is 17.3 Å². The fourth-order valence-electron chi connectivity index (χ4n) is 1.62. The van der Waals surface area contributed by atoms with E-state index in [0.29, 0.717) is 21.5 Å². The van der Waals surface area contributed by atoms with Gasteiger partial charge in [-0.25, -0.2) is 0 Å². The largest absolute Gasteiger partial charge is 0.349 e. The average molecular weight is 353 g/mol. The van der Waals surface area contributed by atoms with Crippen LogP contribution < -0.4 is 5.32 Å². The first kappa shape index (κ1) is 15.8. The molecule has 0 aliphatic rings. The molecule has 1 atom stereocenters. The molecule has 1 amide bonds. The van der Waals surface area contributed by atoms with Gasteiger partial charge < -0.3 is 5.32 Å². The Labute approximate surface area is 126 Å². The summed E-state index contributed by atoms with van der Waals surface area (Å²) in [6.45, 7) is 4.15. The summed E-state index contributed by atoms with van der Waals surface area (Å²) in [5.74, 6) is 0.187. The molecule has 0 bridgehead atoms. The summed E-state index contributed by atoms with van der Waals surface area (Å²) in [5, 5.41) is 4.53. The maximum Gasteiger partial charge on any atom is 0.253 e. The van der Waals surface area contributed by atoms with Crippen LogP contribution in [0.1, 0.15) is 30.6 Å². The van der Waals surface area contributed by atoms with Crippen molar-refractivity contribution in [3.05, 3.63) is 33.8 Å². The Morgan fingerprint density at radius 1 is 1.39 bits per heavy atom. The first-order valence-corrected chi connectivity index (χ1v) is 7.66. The molecular weight excluding hydrogens is 337 g/mol. The number of nitrogens with one attached hydrogen (secondary N) is 1. The maximum absolute atomic E-state index is 12.1. The van der Waals surface area contributed by atoms with Gasteiger partial charge in [-0.15, -0.1) is 0 Å². The number of hydrogen-bond acceptors (Lipinski definition) is 1. The molecule has 18 heavy (non-hydrogen) atoms. The van der Waals surface area contributed by atoms with Gasteiger partial charge in [0.05, 0.1) is 15.6 Å². The van der Waals surface area contributed by atoms with Crippen molar-refractivity contribution in [2.45, 2.75) is 26.3 Å². The number of carbonyl (C=O) groups is 1. The zero-order valence-corrected chi connectivity index (χ0v) is 13.4. The van der Waals surface area contributed by atoms with Gasteiger partial charge in [-0.1, -0.05) is 59.0 Å². The molecule has 1 N–H and O–H groups in total. The van der Waals surface area contributed by atoms with Crippen molar-refractivity contribution in [1.82, 2.24) is 5.32 Å². The molecule has 0 aliphatic heterocycles. The van der Waals surface area contributed by atoms with Gasteiger partial charge in [0.15, 0.2) is 0 Å². The van der Waals surface area contributed by atoms with Gasteiger partial charge in [-0.2, -0.15) is 0 Å². The van der Waals surface area contributed by atoms with Gasteiger partial charge in [-0.3, -0.25) is 4.79 Å². The Morgan fingerprint density at radius 3 is 2.61 bits per heavy atom. The van der Waals surface area contributed by atoms with Crippen molar-refractivity contribution in [3.63, 3.8) is 0 Å². The summed E-state index contributed by atoms with van der Waals surface area (Å²) >= 11 is 15.3. The first-order valence-electron chi connectivity index (χ1n) is 5.78. The van der Waals surface area contributed by atoms with Gasteiger partial charge in [0.25, 0.3) is 5.91 Å². The number of benzene rings is 1. The molecule has 100 valence electrons. The van der Waals surface area contributed by atoms with Gasteiger partial charge in [-0.05, 0) is 24.5 Å². The Kier molecular flexibility index (Phi) is 6.47. The molecule has 1 aromatic carbocycles. The van der Waals surface area contributed by atoms with Gasteiger partial charge in [0.2, 0.25) is 0 Å². The Morgan fingerprint density at radius 2 is 2.06 bits per heavy atom. The van der Waals surface area contributed by atoms with Gasteiger partial charge in [0, 0.05) is 11.4 Å². The van der Waals surface area contributed by atoms with E-state index in [1.165, 1.54) is 0 Å². The van der Waals surface area contributed by atoms with E-state index >= 15 is 0 Å². The van der Waals surface area contributed by atoms with E-state index < -0.39 is 0 Å². The summed E-state index contributed by atoms with van der Waals surface area (Å²) in [6, 6.07) is 5.18. The fraction of sp³-hybridized carbons (Fsp3) is 0.462. The lowest BCUT2D eigenvalue weighted by Crippen LogP contribution is -2.39. The molecule has 0 aliphatic carbocycles. The summed E-state index contributed by atoms with van der Waals surface area (Å²) in [6.07, 6.45) is 0.877. The molecule has 0 fully saturated rings. The second kappa shape index (κ2) is 7.37. The molecule has 2 nitrogen and oxygen atoms in total. The van der Waals surface area contributed by atoms with Crippen LogP contribution in [0.15, 0.2) is 18.2 Å². The molecule has 5 heteroatoms. The molecule has 0 radical (unpaired) electrons. The van der Waals surface area contributed by atoms with Crippen LogP contribution in [0.4, 0.5) is 0 Å². The third-order valence-corrected chi connectivity index (χ3v) is 4.01. The predicted octanol–water partition coefficient (Wildman–Crippen LogP) is 4.53. The fourth-order valence-corrected chi connectivity index (χ4v) is 2.49. The highest BCUT2D eigenvalue weighted by atomic mass is 79.9. The number of alkyl halides is 1. The first-order chi connectivity index (χ1) is 8.47. The van der Waals surface area contributed by atoms with Crippen molar-refractivity contribution in [2.24, 2.45) is 5.92 Å². The second-order valence-corrected chi connectivity index (χ2v) is 5.98. The highest BCUT2D eigenvalue weighted by Gasteiger charge is 2.18. The number of carbonyl (C=O) groups excluding carboxylic acids is 1. The SMILES string of the molecule is CC(C)C(CCBr)NC(=O)c1cccc(Cl)c1Cl. The van der Waals surface area contributed by atoms with Crippen LogP contribution in [0.25, 0.3) is 0 Å². The van der Waals surface area contributed by atoms with Crippen molar-refractivity contribution < 1.29 is 4.79 Å². The van der Waals surface area contributed by atoms with Crippen molar-refractivity contribution in [3.8, 4) is 0 Å². The van der Waals surface area contributed by atoms with Crippen LogP contribution in [0, 0.1) is 5.92 Å². The molecule has 0 aromatic heterocycles. The lowest BCUT2D eigenvalue weighted by Gasteiger charge is -2.21. The Balaban J connectivity index is 2.84. The standard InChI is InChI=1S/C13H16BrCl2NO/c1-8(2)11(6-7-14)17-13(18)9-4-3-5-10(15)12(9)16/h3-5,8,11H,6-7H2,1-2H3,(H,17,18). The molecule has 0 spiro atoms. The van der Waals surface area contributed by atoms with Crippen LogP contribution in [-0.2, 0) is 0 Å². The highest BCUT2D eigenvalue weighted by Crippen LogP contribution is 2.25. The quantitative estimate of drug-likeness (QED) is 0.775. The Hall–Kier alpha value is -0.250. The molecule has 0 saturated heterocycles. The van der Waals surface area contributed by atoms with Crippen LogP contribution in [0.3, 0.4) is 0 Å². The minimum atomic E-state index is -0.179. The summed E-state index contributed by atoms with van der Waals surface area (Å²) in [5.41, 5.74) is 0.421. The van der Waals surface area contributed by atoms with Gasteiger partial charge >= 0.3 is 0 Å². The molecule has 1 aromatic rings. The van der Waals surface area contributed by atoms with E-state index in [4.69, 9.17) is 23.2 Å². The average Bonchev–Trinajstić information content (AvgIpc) is 2.31. The van der Waals surface area contributed by atoms with Crippen LogP contribution in [0.2, 0.25) is 10.0 Å². The van der Waals surface area contributed by atoms with E-state index in [0.717, 1.165) is 11.8 Å². The smallest absolute Gasteiger partial charge is 0.253 e. The van der Waals surface area contributed by atoms with Crippen molar-refractivity contribution in [2.75, 3.05) is 5.33 Å². The third-order valence-electron chi connectivity index (χ3n) is 2.74. The van der Waals surface area contributed by atoms with Crippen LogP contribution >= 0.6 is 39.1 Å². The molecule has 0 saturated carbocycles. The summed E-state index contributed by atoms with van der Waals surface area (Å²) in [4.78, 5) is 12.1. The van der Waals surface area contributed by atoms with Crippen molar-refractivity contribution in [1.29, 1.82) is 0 Å². The molecular formula is C13H16BrCl2NO. The summed E-state index contributed by atoms with van der Waals surface area (Å²) in [7, 11) is 0. The van der Waals surface area contributed by atoms with E-state index in [-0.39, 0.29) is 11.9 Å². The highest BCUT2D eigenvalue weighted by molar-refractivity contribution is 9.09. The normalized spacial score (nSPS) is 12.6. The monoisotopic (exact) mass is 351 g/mol. The topological polar surface area (TPSA) is 29.1 Å². The van der Waals surface area contributed by atoms with E-state index in [2.05, 4.69) is 35.1 Å². The number of halogens is 3. The van der Waals surface area contributed by atoms with E-state index in [1.54, 1.807) is 18.2 Å². The van der Waals surface area contributed by atoms with Crippen molar-refractivity contribution >= 4 is 45.0 Å². The van der Waals surface area contributed by atoms with Crippen LogP contribution in [0.5, 0.6) is 0 Å². The summed E-state index contributed by atoms with van der Waals surface area (Å²) < 4.78 is 0. The lowest BCUT2D eigenvalue weighted by atomic mass is 10.0. The number of amides is 1. The third kappa shape index (κ3) is 4.15. The lowest BCUT2D eigenvalue weighted by molar-refractivity contribution is 0.0925. The zero-order chi connectivity index (χ0) is 13.7. The zero-order valence-electron chi connectivity index (χ0n) is 10.3. The van der Waals surface area contributed by atoms with Gasteiger partial charge in [0.1, 0.15) is 0 Å². The number of rotatable bonds is 5. The molecule has 1 rings (SSSR count). The molecule has 1 unspecified atom stereocenters. The Bertz CT molecular complexity index is 423. The number of hydrogen-bond donors (Lipinski definition) is 1. The van der Waals surface area contributed by atoms with E-state index in [9.17, 15) is 4.79 Å². The maximum atomic E-state index is 12.1. The minimum Gasteiger partial charge on any atom is -0.349 e. The molecule has 0 heterocycles. The minimum absolute atomic E-state index is 0.118. The predicted molar refractivity (Wildman–Crippen MR) is 81.0 cm³/mol.